The number of benzene rings is 1. The van der Waals surface area contributed by atoms with Crippen LogP contribution >= 0.6 is 0 Å². The smallest absolute Gasteiger partial charge is 0.225 e. The molecule has 7 nitrogen and oxygen atoms in total. The van der Waals surface area contributed by atoms with Gasteiger partial charge in [0.25, 0.3) is 0 Å². The highest BCUT2D eigenvalue weighted by Crippen LogP contribution is 2.48. The van der Waals surface area contributed by atoms with Gasteiger partial charge in [-0.1, -0.05) is 6.07 Å². The molecule has 2 aliphatic rings. The summed E-state index contributed by atoms with van der Waals surface area (Å²) in [5, 5.41) is 0. The third-order valence-corrected chi connectivity index (χ3v) is 7.35. The van der Waals surface area contributed by atoms with Crippen molar-refractivity contribution in [1.82, 2.24) is 9.97 Å². The monoisotopic (exact) mass is 447 g/mol. The fourth-order valence-corrected chi connectivity index (χ4v) is 4.95. The Bertz CT molecular complexity index is 1040. The molecule has 2 fully saturated rings. The van der Waals surface area contributed by atoms with E-state index in [1.54, 1.807) is 12.4 Å². The topological polar surface area (TPSA) is 89.5 Å². The van der Waals surface area contributed by atoms with Gasteiger partial charge in [0, 0.05) is 37.3 Å². The van der Waals surface area contributed by atoms with Crippen molar-refractivity contribution in [3.05, 3.63) is 47.5 Å². The van der Waals surface area contributed by atoms with E-state index in [0.29, 0.717) is 41.4 Å². The number of hydrogen-bond donors (Lipinski definition) is 0. The Morgan fingerprint density at radius 2 is 1.94 bits per heavy atom. The molecule has 0 radical (unpaired) electrons. The first-order valence-corrected chi connectivity index (χ1v) is 12.3. The molecule has 0 bridgehead atoms. The summed E-state index contributed by atoms with van der Waals surface area (Å²) >= 11 is 0. The summed E-state index contributed by atoms with van der Waals surface area (Å²) in [4.78, 5) is 21.4. The van der Waals surface area contributed by atoms with E-state index in [0.717, 1.165) is 51.0 Å². The predicted molar refractivity (Wildman–Crippen MR) is 113 cm³/mol. The van der Waals surface area contributed by atoms with E-state index in [1.807, 2.05) is 0 Å². The zero-order valence-electron chi connectivity index (χ0n) is 17.4. The van der Waals surface area contributed by atoms with Crippen LogP contribution < -0.4 is 4.90 Å². The fraction of sp³-hybridized carbons (Fsp3) is 0.500. The highest BCUT2D eigenvalue weighted by Gasteiger charge is 2.43. The summed E-state index contributed by atoms with van der Waals surface area (Å²) in [6.07, 6.45) is 8.17. The molecule has 1 saturated heterocycles. The van der Waals surface area contributed by atoms with Crippen molar-refractivity contribution in [2.45, 2.75) is 30.8 Å². The summed E-state index contributed by atoms with van der Waals surface area (Å²) in [6, 6.07) is 3.95. The van der Waals surface area contributed by atoms with Crippen LogP contribution in [0.3, 0.4) is 0 Å². The van der Waals surface area contributed by atoms with Crippen molar-refractivity contribution in [3.8, 4) is 0 Å². The third-order valence-electron chi connectivity index (χ3n) is 6.24. The molecule has 2 atom stereocenters. The van der Waals surface area contributed by atoms with Crippen LogP contribution in [0, 0.1) is 23.6 Å². The Labute approximate surface area is 181 Å². The number of rotatable bonds is 8. The lowest BCUT2D eigenvalue weighted by molar-refractivity contribution is 0.102. The molecular formula is C22H26FN3O4S. The molecule has 4 rings (SSSR count). The van der Waals surface area contributed by atoms with Gasteiger partial charge in [0.15, 0.2) is 16.1 Å². The van der Waals surface area contributed by atoms with Gasteiger partial charge in [-0.3, -0.25) is 4.79 Å². The fourth-order valence-electron chi connectivity index (χ4n) is 4.32. The molecule has 1 aliphatic heterocycles. The third kappa shape index (κ3) is 5.27. The van der Waals surface area contributed by atoms with Crippen LogP contribution in [0.4, 0.5) is 10.3 Å². The van der Waals surface area contributed by atoms with Crippen LogP contribution in [0.1, 0.15) is 35.2 Å². The maximum atomic E-state index is 14.1. The lowest BCUT2D eigenvalue weighted by atomic mass is 9.91. The Morgan fingerprint density at radius 1 is 1.23 bits per heavy atom. The second kappa shape index (κ2) is 9.00. The quantitative estimate of drug-likeness (QED) is 0.575. The van der Waals surface area contributed by atoms with Crippen LogP contribution in [0.2, 0.25) is 0 Å². The summed E-state index contributed by atoms with van der Waals surface area (Å²) in [5.74, 6) is 1.90. The van der Waals surface area contributed by atoms with Crippen molar-refractivity contribution in [3.63, 3.8) is 0 Å². The maximum absolute atomic E-state index is 14.1. The Kier molecular flexibility index (Phi) is 6.34. The number of aldehydes is 1. The van der Waals surface area contributed by atoms with Gasteiger partial charge in [-0.2, -0.15) is 0 Å². The van der Waals surface area contributed by atoms with E-state index >= 15 is 0 Å². The van der Waals surface area contributed by atoms with Crippen molar-refractivity contribution < 1.29 is 22.3 Å². The summed E-state index contributed by atoms with van der Waals surface area (Å²) in [6.45, 7) is 2.53. The van der Waals surface area contributed by atoms with Gasteiger partial charge < -0.3 is 9.64 Å². The minimum Gasteiger partial charge on any atom is -0.376 e. The Hall–Kier alpha value is -2.39. The van der Waals surface area contributed by atoms with Crippen molar-refractivity contribution >= 4 is 22.1 Å². The standard InChI is InChI=1S/C22H26FN3O4S/c1-31(28,29)19-3-2-17(21(23)9-19)13-30-14-18-8-20(18)16-4-6-26(7-5-16)22-24-10-15(12-27)11-25-22/h2-3,9-12,16,18,20H,4-8,13-14H2,1H3. The number of piperidine rings is 1. The molecule has 2 aromatic rings. The summed E-state index contributed by atoms with van der Waals surface area (Å²) < 4.78 is 42.9. The minimum absolute atomic E-state index is 0.0209. The number of carbonyl (C=O) groups is 1. The number of aromatic nitrogens is 2. The van der Waals surface area contributed by atoms with Gasteiger partial charge in [-0.05, 0) is 49.1 Å². The number of carbonyl (C=O) groups excluding carboxylic acids is 1. The van der Waals surface area contributed by atoms with Gasteiger partial charge in [-0.15, -0.1) is 0 Å². The number of halogens is 1. The molecule has 2 unspecified atom stereocenters. The van der Waals surface area contributed by atoms with Crippen LogP contribution in [-0.4, -0.2) is 50.6 Å². The van der Waals surface area contributed by atoms with Gasteiger partial charge in [0.05, 0.1) is 23.7 Å². The first-order valence-electron chi connectivity index (χ1n) is 10.4. The van der Waals surface area contributed by atoms with E-state index in [1.165, 1.54) is 12.1 Å². The SMILES string of the molecule is CS(=O)(=O)c1ccc(COCC2CC2C2CCN(c3ncc(C=O)cn3)CC2)c(F)c1. The van der Waals surface area contributed by atoms with E-state index in [4.69, 9.17) is 4.74 Å². The molecule has 0 amide bonds. The molecule has 9 heteroatoms. The van der Waals surface area contributed by atoms with E-state index < -0.39 is 15.7 Å². The Balaban J connectivity index is 1.20. The highest BCUT2D eigenvalue weighted by atomic mass is 32.2. The zero-order valence-corrected chi connectivity index (χ0v) is 18.2. The predicted octanol–water partition coefficient (Wildman–Crippen LogP) is 2.90. The average molecular weight is 448 g/mol. The largest absolute Gasteiger partial charge is 0.376 e. The van der Waals surface area contributed by atoms with E-state index in [2.05, 4.69) is 14.9 Å². The maximum Gasteiger partial charge on any atom is 0.225 e. The molecule has 1 aliphatic carbocycles. The summed E-state index contributed by atoms with van der Waals surface area (Å²) in [7, 11) is -3.42. The van der Waals surface area contributed by atoms with Crippen LogP contribution in [0.5, 0.6) is 0 Å². The number of hydrogen-bond acceptors (Lipinski definition) is 7. The average Bonchev–Trinajstić information content (AvgIpc) is 3.54. The van der Waals surface area contributed by atoms with Gasteiger partial charge in [0.1, 0.15) is 5.82 Å². The van der Waals surface area contributed by atoms with Gasteiger partial charge in [-0.25, -0.2) is 22.8 Å². The van der Waals surface area contributed by atoms with Crippen LogP contribution in [0.25, 0.3) is 0 Å². The first-order chi connectivity index (χ1) is 14.8. The molecule has 31 heavy (non-hydrogen) atoms. The normalized spacial score (nSPS) is 21.8. The second-order valence-electron chi connectivity index (χ2n) is 8.46. The number of nitrogens with zero attached hydrogens (tertiary/aromatic N) is 3. The minimum atomic E-state index is -3.42. The van der Waals surface area contributed by atoms with Crippen molar-refractivity contribution in [2.24, 2.45) is 17.8 Å². The number of ether oxygens (including phenoxy) is 1. The van der Waals surface area contributed by atoms with Gasteiger partial charge >= 0.3 is 0 Å². The van der Waals surface area contributed by atoms with E-state index in [-0.39, 0.29) is 11.5 Å². The highest BCUT2D eigenvalue weighted by molar-refractivity contribution is 7.90. The lowest BCUT2D eigenvalue weighted by Crippen LogP contribution is -2.35. The number of anilines is 1. The Morgan fingerprint density at radius 3 is 2.55 bits per heavy atom. The molecule has 2 heterocycles. The van der Waals surface area contributed by atoms with E-state index in [9.17, 15) is 17.6 Å². The summed E-state index contributed by atoms with van der Waals surface area (Å²) in [5.41, 5.74) is 0.851. The molecule has 1 aromatic carbocycles. The zero-order chi connectivity index (χ0) is 22.0. The molecule has 0 N–H and O–H groups in total. The molecule has 1 saturated carbocycles. The van der Waals surface area contributed by atoms with Crippen LogP contribution in [-0.2, 0) is 21.2 Å². The second-order valence-corrected chi connectivity index (χ2v) is 10.5. The molecular weight excluding hydrogens is 421 g/mol. The van der Waals surface area contributed by atoms with Crippen LogP contribution in [0.15, 0.2) is 35.5 Å². The number of sulfone groups is 1. The molecule has 0 spiro atoms. The van der Waals surface area contributed by atoms with Gasteiger partial charge in [0.2, 0.25) is 5.95 Å². The van der Waals surface area contributed by atoms with Crippen molar-refractivity contribution in [1.29, 1.82) is 0 Å². The molecule has 1 aromatic heterocycles. The molecule has 166 valence electrons. The lowest BCUT2D eigenvalue weighted by Gasteiger charge is -2.32. The first kappa shape index (κ1) is 21.8. The van der Waals surface area contributed by atoms with Crippen molar-refractivity contribution in [2.75, 3.05) is 30.9 Å².